The van der Waals surface area contributed by atoms with Crippen molar-refractivity contribution in [3.05, 3.63) is 76.1 Å². The quantitative estimate of drug-likeness (QED) is 0.552. The Labute approximate surface area is 170 Å². The van der Waals surface area contributed by atoms with Crippen molar-refractivity contribution in [2.24, 2.45) is 0 Å². The molecule has 3 rings (SSSR count). The molecule has 156 valence electrons. The van der Waals surface area contributed by atoms with Crippen LogP contribution >= 0.6 is 0 Å². The lowest BCUT2D eigenvalue weighted by Crippen LogP contribution is -2.39. The SMILES string of the molecule is CC(NC(=O)CNC(=O)c1c[nH]c2ccccc2c1=O)c1cccc(OC(F)F)c1. The minimum Gasteiger partial charge on any atom is -0.435 e. The van der Waals surface area contributed by atoms with Crippen LogP contribution in [0, 0.1) is 0 Å². The van der Waals surface area contributed by atoms with E-state index in [2.05, 4.69) is 20.4 Å². The molecule has 0 saturated heterocycles. The van der Waals surface area contributed by atoms with Crippen molar-refractivity contribution in [3.8, 4) is 5.75 Å². The zero-order valence-electron chi connectivity index (χ0n) is 15.9. The Balaban J connectivity index is 1.60. The topological polar surface area (TPSA) is 100 Å². The number of amides is 2. The summed E-state index contributed by atoms with van der Waals surface area (Å²) >= 11 is 0. The molecule has 7 nitrogen and oxygen atoms in total. The molecule has 1 aromatic heterocycles. The number of para-hydroxylation sites is 1. The van der Waals surface area contributed by atoms with Gasteiger partial charge in [-0.2, -0.15) is 8.78 Å². The molecule has 0 aliphatic carbocycles. The summed E-state index contributed by atoms with van der Waals surface area (Å²) in [4.78, 5) is 39.8. The van der Waals surface area contributed by atoms with Gasteiger partial charge in [0.1, 0.15) is 11.3 Å². The fourth-order valence-electron chi connectivity index (χ4n) is 2.93. The summed E-state index contributed by atoms with van der Waals surface area (Å²) in [5.74, 6) is -1.21. The molecule has 3 N–H and O–H groups in total. The van der Waals surface area contributed by atoms with Gasteiger partial charge in [-0.25, -0.2) is 0 Å². The lowest BCUT2D eigenvalue weighted by atomic mass is 10.1. The maximum Gasteiger partial charge on any atom is 0.387 e. The Morgan fingerprint density at radius 3 is 2.67 bits per heavy atom. The number of pyridine rings is 1. The van der Waals surface area contributed by atoms with Gasteiger partial charge in [0.05, 0.1) is 12.6 Å². The van der Waals surface area contributed by atoms with Gasteiger partial charge in [0, 0.05) is 17.1 Å². The maximum absolute atomic E-state index is 12.4. The van der Waals surface area contributed by atoms with Gasteiger partial charge in [-0.15, -0.1) is 0 Å². The molecule has 3 aromatic rings. The molecule has 0 aliphatic heterocycles. The van der Waals surface area contributed by atoms with E-state index in [0.717, 1.165) is 0 Å². The predicted molar refractivity (Wildman–Crippen MR) is 107 cm³/mol. The molecule has 30 heavy (non-hydrogen) atoms. The number of carbonyl (C=O) groups excluding carboxylic acids is 2. The minimum absolute atomic E-state index is 0.0209. The second kappa shape index (κ2) is 9.17. The summed E-state index contributed by atoms with van der Waals surface area (Å²) < 4.78 is 29.0. The first kappa shape index (κ1) is 21.0. The van der Waals surface area contributed by atoms with Gasteiger partial charge in [0.15, 0.2) is 0 Å². The minimum atomic E-state index is -2.95. The Morgan fingerprint density at radius 1 is 1.13 bits per heavy atom. The van der Waals surface area contributed by atoms with Crippen LogP contribution in [-0.4, -0.2) is 30.0 Å². The van der Waals surface area contributed by atoms with E-state index < -0.39 is 29.9 Å². The van der Waals surface area contributed by atoms with E-state index in [1.54, 1.807) is 37.3 Å². The van der Waals surface area contributed by atoms with Crippen molar-refractivity contribution >= 4 is 22.7 Å². The normalized spacial score (nSPS) is 11.9. The third-order valence-corrected chi connectivity index (χ3v) is 4.40. The lowest BCUT2D eigenvalue weighted by molar-refractivity contribution is -0.120. The third-order valence-electron chi connectivity index (χ3n) is 4.40. The number of H-pyrrole nitrogens is 1. The van der Waals surface area contributed by atoms with Gasteiger partial charge in [-0.1, -0.05) is 24.3 Å². The Bertz CT molecular complexity index is 1130. The number of alkyl halides is 2. The molecular formula is C21H19F2N3O4. The van der Waals surface area contributed by atoms with Gasteiger partial charge in [-0.05, 0) is 36.8 Å². The number of benzene rings is 2. The first-order chi connectivity index (χ1) is 14.3. The van der Waals surface area contributed by atoms with Gasteiger partial charge >= 0.3 is 6.61 Å². The standard InChI is InChI=1S/C21H19F2N3O4/c1-12(13-5-4-6-14(9-13)30-21(22)23)26-18(27)11-25-20(29)16-10-24-17-8-3-2-7-15(17)19(16)28/h2-10,12,21H,11H2,1H3,(H,24,28)(H,25,29)(H,26,27). The molecular weight excluding hydrogens is 396 g/mol. The van der Waals surface area contributed by atoms with Crippen LogP contribution in [-0.2, 0) is 4.79 Å². The Hall–Kier alpha value is -3.75. The largest absolute Gasteiger partial charge is 0.435 e. The summed E-state index contributed by atoms with van der Waals surface area (Å²) in [6.07, 6.45) is 1.30. The number of fused-ring (bicyclic) bond motifs is 1. The van der Waals surface area contributed by atoms with E-state index in [9.17, 15) is 23.2 Å². The fraction of sp³-hybridized carbons (Fsp3) is 0.190. The van der Waals surface area contributed by atoms with Crippen molar-refractivity contribution in [3.63, 3.8) is 0 Å². The molecule has 0 radical (unpaired) electrons. The van der Waals surface area contributed by atoms with E-state index in [0.29, 0.717) is 16.5 Å². The van der Waals surface area contributed by atoms with E-state index in [-0.39, 0.29) is 17.9 Å². The lowest BCUT2D eigenvalue weighted by Gasteiger charge is -2.16. The van der Waals surface area contributed by atoms with E-state index >= 15 is 0 Å². The number of hydrogen-bond acceptors (Lipinski definition) is 4. The molecule has 0 spiro atoms. The molecule has 0 fully saturated rings. The smallest absolute Gasteiger partial charge is 0.387 e. The Kier molecular flexibility index (Phi) is 6.41. The van der Waals surface area contributed by atoms with Gasteiger partial charge < -0.3 is 20.4 Å². The highest BCUT2D eigenvalue weighted by atomic mass is 19.3. The van der Waals surface area contributed by atoms with Crippen LogP contribution in [0.2, 0.25) is 0 Å². The van der Waals surface area contributed by atoms with Gasteiger partial charge in [0.25, 0.3) is 5.91 Å². The maximum atomic E-state index is 12.4. The van der Waals surface area contributed by atoms with Crippen LogP contribution in [0.25, 0.3) is 10.9 Å². The first-order valence-corrected chi connectivity index (χ1v) is 9.08. The van der Waals surface area contributed by atoms with Gasteiger partial charge in [-0.3, -0.25) is 14.4 Å². The molecule has 0 bridgehead atoms. The van der Waals surface area contributed by atoms with E-state index in [1.165, 1.54) is 24.4 Å². The summed E-state index contributed by atoms with van der Waals surface area (Å²) in [6, 6.07) is 12.2. The first-order valence-electron chi connectivity index (χ1n) is 9.08. The van der Waals surface area contributed by atoms with Crippen LogP contribution in [0.4, 0.5) is 8.78 Å². The number of carbonyl (C=O) groups is 2. The van der Waals surface area contributed by atoms with E-state index in [4.69, 9.17) is 0 Å². The summed E-state index contributed by atoms with van der Waals surface area (Å²) in [5.41, 5.74) is 0.611. The fourth-order valence-corrected chi connectivity index (χ4v) is 2.93. The number of aromatic nitrogens is 1. The van der Waals surface area contributed by atoms with Crippen molar-refractivity contribution in [2.45, 2.75) is 19.6 Å². The number of hydrogen-bond donors (Lipinski definition) is 3. The predicted octanol–water partition coefficient (Wildman–Crippen LogP) is 2.74. The Morgan fingerprint density at radius 2 is 1.90 bits per heavy atom. The second-order valence-electron chi connectivity index (χ2n) is 6.50. The average Bonchev–Trinajstić information content (AvgIpc) is 2.72. The van der Waals surface area contributed by atoms with Crippen molar-refractivity contribution in [1.29, 1.82) is 0 Å². The molecule has 0 saturated carbocycles. The average molecular weight is 415 g/mol. The number of aromatic amines is 1. The second-order valence-corrected chi connectivity index (χ2v) is 6.50. The highest BCUT2D eigenvalue weighted by Gasteiger charge is 2.16. The van der Waals surface area contributed by atoms with Crippen LogP contribution in [0.5, 0.6) is 5.75 Å². The molecule has 1 heterocycles. The summed E-state index contributed by atoms with van der Waals surface area (Å²) in [6.45, 7) is -1.64. The van der Waals surface area contributed by atoms with Crippen LogP contribution in [0.3, 0.4) is 0 Å². The summed E-state index contributed by atoms with van der Waals surface area (Å²) in [7, 11) is 0. The van der Waals surface area contributed by atoms with Crippen LogP contribution in [0.15, 0.2) is 59.5 Å². The zero-order chi connectivity index (χ0) is 21.7. The number of halogens is 2. The molecule has 0 aliphatic rings. The van der Waals surface area contributed by atoms with Crippen molar-refractivity contribution in [1.82, 2.24) is 15.6 Å². The number of nitrogens with one attached hydrogen (secondary N) is 3. The van der Waals surface area contributed by atoms with Crippen molar-refractivity contribution < 1.29 is 23.1 Å². The van der Waals surface area contributed by atoms with Crippen molar-refractivity contribution in [2.75, 3.05) is 6.54 Å². The third kappa shape index (κ3) is 4.99. The van der Waals surface area contributed by atoms with Crippen LogP contribution < -0.4 is 20.8 Å². The number of rotatable bonds is 7. The van der Waals surface area contributed by atoms with E-state index in [1.807, 2.05) is 0 Å². The highest BCUT2D eigenvalue weighted by Crippen LogP contribution is 2.20. The van der Waals surface area contributed by atoms with Crippen LogP contribution in [0.1, 0.15) is 28.9 Å². The summed E-state index contributed by atoms with van der Waals surface area (Å²) in [5, 5.41) is 5.42. The molecule has 2 aromatic carbocycles. The molecule has 1 unspecified atom stereocenters. The zero-order valence-corrected chi connectivity index (χ0v) is 15.9. The highest BCUT2D eigenvalue weighted by molar-refractivity contribution is 5.98. The van der Waals surface area contributed by atoms with Gasteiger partial charge in [0.2, 0.25) is 11.3 Å². The molecule has 1 atom stereocenters. The molecule has 9 heteroatoms. The number of ether oxygens (including phenoxy) is 1. The molecule has 2 amide bonds. The monoisotopic (exact) mass is 415 g/mol.